The third kappa shape index (κ3) is 3.59. The molecule has 3 aromatic rings. The lowest BCUT2D eigenvalue weighted by Crippen LogP contribution is -2.12. The van der Waals surface area contributed by atoms with Crippen molar-refractivity contribution in [3.05, 3.63) is 65.9 Å². The Morgan fingerprint density at radius 2 is 1.88 bits per heavy atom. The fraction of sp³-hybridized carbons (Fsp3) is 0.100. The van der Waals surface area contributed by atoms with E-state index in [1.54, 1.807) is 43.5 Å². The Morgan fingerprint density at radius 1 is 1.08 bits per heavy atom. The lowest BCUT2D eigenvalue weighted by Gasteiger charge is -2.07. The predicted molar refractivity (Wildman–Crippen MR) is 98.2 cm³/mol. The summed E-state index contributed by atoms with van der Waals surface area (Å²) >= 11 is 0. The van der Waals surface area contributed by atoms with Crippen molar-refractivity contribution in [3.8, 4) is 5.75 Å². The number of rotatable bonds is 5. The molecule has 6 heteroatoms. The third-order valence-electron chi connectivity index (χ3n) is 3.74. The monoisotopic (exact) mass is 351 g/mol. The molecule has 0 aliphatic rings. The van der Waals surface area contributed by atoms with E-state index in [1.165, 1.54) is 13.2 Å². The Labute approximate surface area is 150 Å². The van der Waals surface area contributed by atoms with Crippen LogP contribution in [0.5, 0.6) is 5.75 Å². The van der Waals surface area contributed by atoms with Crippen LogP contribution in [0, 0.1) is 0 Å². The van der Waals surface area contributed by atoms with Gasteiger partial charge in [-0.05, 0) is 30.3 Å². The predicted octanol–water partition coefficient (Wildman–Crippen LogP) is 3.88. The van der Waals surface area contributed by atoms with E-state index < -0.39 is 11.9 Å². The molecule has 1 amide bonds. The van der Waals surface area contributed by atoms with E-state index in [1.807, 2.05) is 18.2 Å². The highest BCUT2D eigenvalue weighted by molar-refractivity contribution is 6.06. The van der Waals surface area contributed by atoms with Gasteiger partial charge in [-0.3, -0.25) is 4.79 Å². The number of nitrogens with one attached hydrogen (secondary N) is 1. The van der Waals surface area contributed by atoms with Crippen molar-refractivity contribution in [1.82, 2.24) is 0 Å². The lowest BCUT2D eigenvalue weighted by molar-refractivity contribution is -0.111. The number of benzene rings is 2. The molecule has 26 heavy (non-hydrogen) atoms. The second kappa shape index (κ2) is 7.57. The van der Waals surface area contributed by atoms with Crippen LogP contribution in [0.15, 0.2) is 59.0 Å². The largest absolute Gasteiger partial charge is 0.493 e. The number of para-hydroxylation sites is 2. The minimum absolute atomic E-state index is 0.283. The summed E-state index contributed by atoms with van der Waals surface area (Å²) in [7, 11) is 2.86. The van der Waals surface area contributed by atoms with Crippen molar-refractivity contribution in [2.45, 2.75) is 0 Å². The quantitative estimate of drug-likeness (QED) is 0.557. The summed E-state index contributed by atoms with van der Waals surface area (Å²) in [5.41, 5.74) is 1.27. The zero-order valence-electron chi connectivity index (χ0n) is 14.3. The summed E-state index contributed by atoms with van der Waals surface area (Å²) < 4.78 is 15.7. The van der Waals surface area contributed by atoms with Gasteiger partial charge >= 0.3 is 5.97 Å². The van der Waals surface area contributed by atoms with E-state index in [4.69, 9.17) is 13.9 Å². The number of methoxy groups -OCH3 is 2. The molecule has 0 spiro atoms. The Balaban J connectivity index is 1.78. The Kier molecular flexibility index (Phi) is 5.03. The van der Waals surface area contributed by atoms with Gasteiger partial charge < -0.3 is 19.2 Å². The van der Waals surface area contributed by atoms with E-state index in [0.29, 0.717) is 22.8 Å². The van der Waals surface area contributed by atoms with Gasteiger partial charge in [-0.25, -0.2) is 4.79 Å². The van der Waals surface area contributed by atoms with Crippen LogP contribution >= 0.6 is 0 Å². The molecular formula is C20H17NO5. The van der Waals surface area contributed by atoms with Crippen molar-refractivity contribution in [2.75, 3.05) is 19.5 Å². The maximum Gasteiger partial charge on any atom is 0.339 e. The standard InChI is InChI=1S/C20H17NO5/c1-24-17-9-5-6-13-12-14(26-19(13)17)10-11-18(22)21-16-8-4-3-7-15(16)20(23)25-2/h3-12H,1-2H3,(H,21,22)/b11-10+. The van der Waals surface area contributed by atoms with Crippen LogP contribution < -0.4 is 10.1 Å². The molecule has 132 valence electrons. The third-order valence-corrected chi connectivity index (χ3v) is 3.74. The van der Waals surface area contributed by atoms with Gasteiger partial charge in [-0.2, -0.15) is 0 Å². The minimum Gasteiger partial charge on any atom is -0.493 e. The van der Waals surface area contributed by atoms with Gasteiger partial charge in [-0.15, -0.1) is 0 Å². The summed E-state index contributed by atoms with van der Waals surface area (Å²) in [4.78, 5) is 23.9. The van der Waals surface area contributed by atoms with Crippen LogP contribution in [0.2, 0.25) is 0 Å². The number of amides is 1. The second-order valence-electron chi connectivity index (χ2n) is 5.39. The molecule has 0 atom stereocenters. The van der Waals surface area contributed by atoms with Gasteiger partial charge in [0.1, 0.15) is 5.76 Å². The molecule has 0 bridgehead atoms. The summed E-state index contributed by atoms with van der Waals surface area (Å²) in [5.74, 6) is 0.225. The van der Waals surface area contributed by atoms with E-state index in [-0.39, 0.29) is 5.56 Å². The molecule has 0 radical (unpaired) electrons. The number of hydrogen-bond acceptors (Lipinski definition) is 5. The first-order valence-electron chi connectivity index (χ1n) is 7.85. The van der Waals surface area contributed by atoms with Crippen LogP contribution in [-0.4, -0.2) is 26.1 Å². The molecule has 1 N–H and O–H groups in total. The molecule has 0 saturated carbocycles. The Bertz CT molecular complexity index is 987. The number of fused-ring (bicyclic) bond motifs is 1. The zero-order valence-corrected chi connectivity index (χ0v) is 14.3. The highest BCUT2D eigenvalue weighted by Gasteiger charge is 2.12. The first-order valence-corrected chi connectivity index (χ1v) is 7.85. The van der Waals surface area contributed by atoms with Crippen molar-refractivity contribution >= 4 is 34.6 Å². The van der Waals surface area contributed by atoms with Gasteiger partial charge in [0.05, 0.1) is 25.5 Å². The number of anilines is 1. The number of carbonyl (C=O) groups is 2. The van der Waals surface area contributed by atoms with E-state index in [0.717, 1.165) is 5.39 Å². The average molecular weight is 351 g/mol. The molecule has 0 saturated heterocycles. The molecule has 0 fully saturated rings. The summed E-state index contributed by atoms with van der Waals surface area (Å²) in [6.07, 6.45) is 2.88. The number of furan rings is 1. The molecule has 0 aliphatic heterocycles. The van der Waals surface area contributed by atoms with Crippen LogP contribution in [-0.2, 0) is 9.53 Å². The van der Waals surface area contributed by atoms with E-state index in [9.17, 15) is 9.59 Å². The van der Waals surface area contributed by atoms with Crippen LogP contribution in [0.1, 0.15) is 16.1 Å². The average Bonchev–Trinajstić information content (AvgIpc) is 3.09. The van der Waals surface area contributed by atoms with Crippen molar-refractivity contribution in [1.29, 1.82) is 0 Å². The number of carbonyl (C=O) groups excluding carboxylic acids is 2. The zero-order chi connectivity index (χ0) is 18.5. The van der Waals surface area contributed by atoms with E-state index in [2.05, 4.69) is 5.32 Å². The van der Waals surface area contributed by atoms with Crippen molar-refractivity contribution in [3.63, 3.8) is 0 Å². The summed E-state index contributed by atoms with van der Waals surface area (Å²) in [6, 6.07) is 14.0. The topological polar surface area (TPSA) is 77.8 Å². The first-order chi connectivity index (χ1) is 12.6. The number of hydrogen-bond donors (Lipinski definition) is 1. The molecular weight excluding hydrogens is 334 g/mol. The van der Waals surface area contributed by atoms with Crippen LogP contribution in [0.4, 0.5) is 5.69 Å². The van der Waals surface area contributed by atoms with Crippen molar-refractivity contribution < 1.29 is 23.5 Å². The van der Waals surface area contributed by atoms with Gasteiger partial charge in [-0.1, -0.05) is 24.3 Å². The Morgan fingerprint density at radius 3 is 2.65 bits per heavy atom. The molecule has 2 aromatic carbocycles. The van der Waals surface area contributed by atoms with Gasteiger partial charge in [0.2, 0.25) is 5.91 Å². The molecule has 3 rings (SSSR count). The molecule has 1 aromatic heterocycles. The number of esters is 1. The highest BCUT2D eigenvalue weighted by atomic mass is 16.5. The molecule has 0 aliphatic carbocycles. The smallest absolute Gasteiger partial charge is 0.339 e. The minimum atomic E-state index is -0.519. The van der Waals surface area contributed by atoms with Crippen LogP contribution in [0.3, 0.4) is 0 Å². The maximum absolute atomic E-state index is 12.2. The van der Waals surface area contributed by atoms with E-state index >= 15 is 0 Å². The maximum atomic E-state index is 12.2. The van der Waals surface area contributed by atoms with Crippen molar-refractivity contribution in [2.24, 2.45) is 0 Å². The number of ether oxygens (including phenoxy) is 2. The Hall–Kier alpha value is -3.54. The SMILES string of the molecule is COC(=O)c1ccccc1NC(=O)/C=C/c1cc2cccc(OC)c2o1. The summed E-state index contributed by atoms with van der Waals surface area (Å²) in [5, 5.41) is 3.53. The van der Waals surface area contributed by atoms with Gasteiger partial charge in [0, 0.05) is 11.5 Å². The van der Waals surface area contributed by atoms with Crippen LogP contribution in [0.25, 0.3) is 17.0 Å². The lowest BCUT2D eigenvalue weighted by atomic mass is 10.2. The molecule has 6 nitrogen and oxygen atoms in total. The summed E-state index contributed by atoms with van der Waals surface area (Å²) in [6.45, 7) is 0. The second-order valence-corrected chi connectivity index (χ2v) is 5.39. The normalized spacial score (nSPS) is 10.8. The molecule has 1 heterocycles. The fourth-order valence-corrected chi connectivity index (χ4v) is 2.51. The van der Waals surface area contributed by atoms with Gasteiger partial charge in [0.15, 0.2) is 11.3 Å². The molecule has 0 unspecified atom stereocenters. The highest BCUT2D eigenvalue weighted by Crippen LogP contribution is 2.28. The van der Waals surface area contributed by atoms with Gasteiger partial charge in [0.25, 0.3) is 0 Å². The first kappa shape index (κ1) is 17.3. The fourth-order valence-electron chi connectivity index (χ4n) is 2.51.